The van der Waals surface area contributed by atoms with Crippen molar-refractivity contribution in [3.63, 3.8) is 0 Å². The molecule has 0 radical (unpaired) electrons. The first kappa shape index (κ1) is 15.8. The van der Waals surface area contributed by atoms with E-state index in [1.54, 1.807) is 0 Å². The minimum Gasteiger partial charge on any atom is -0.396 e. The van der Waals surface area contributed by atoms with E-state index in [1.165, 1.54) is 22.6 Å². The van der Waals surface area contributed by atoms with E-state index in [9.17, 15) is 0 Å². The highest BCUT2D eigenvalue weighted by Crippen LogP contribution is 2.20. The number of benzene rings is 1. The van der Waals surface area contributed by atoms with Crippen LogP contribution in [-0.4, -0.2) is 22.8 Å². The summed E-state index contributed by atoms with van der Waals surface area (Å²) in [6.45, 7) is 6.56. The molecule has 2 rings (SSSR count). The van der Waals surface area contributed by atoms with Crippen LogP contribution in [0.2, 0.25) is 0 Å². The van der Waals surface area contributed by atoms with Gasteiger partial charge in [0.05, 0.1) is 0 Å². The molecular weight excluding hydrogens is 260 g/mol. The van der Waals surface area contributed by atoms with E-state index >= 15 is 0 Å². The predicted octanol–water partition coefficient (Wildman–Crippen LogP) is 3.35. The van der Waals surface area contributed by atoms with Crippen molar-refractivity contribution in [2.24, 2.45) is 0 Å². The molecule has 1 aromatic heterocycles. The average molecular weight is 286 g/mol. The Balaban J connectivity index is 1.96. The van der Waals surface area contributed by atoms with Gasteiger partial charge in [-0.1, -0.05) is 18.2 Å². The minimum atomic E-state index is 0.304. The summed E-state index contributed by atoms with van der Waals surface area (Å²) in [6, 6.07) is 12.8. The molecule has 0 fully saturated rings. The van der Waals surface area contributed by atoms with Crippen molar-refractivity contribution in [2.75, 3.05) is 13.2 Å². The van der Waals surface area contributed by atoms with Crippen molar-refractivity contribution >= 4 is 0 Å². The van der Waals surface area contributed by atoms with E-state index in [2.05, 4.69) is 54.1 Å². The van der Waals surface area contributed by atoms with Gasteiger partial charge in [-0.05, 0) is 63.4 Å². The van der Waals surface area contributed by atoms with Crippen molar-refractivity contribution in [3.8, 4) is 5.69 Å². The summed E-state index contributed by atoms with van der Waals surface area (Å²) in [5.74, 6) is 0. The lowest BCUT2D eigenvalue weighted by atomic mass is 10.2. The first-order chi connectivity index (χ1) is 10.2. The van der Waals surface area contributed by atoms with E-state index in [0.717, 1.165) is 32.4 Å². The molecule has 3 heteroatoms. The number of unbranched alkanes of at least 4 members (excludes halogenated alkanes) is 2. The predicted molar refractivity (Wildman–Crippen MR) is 87.9 cm³/mol. The fourth-order valence-corrected chi connectivity index (χ4v) is 2.74. The maximum atomic E-state index is 8.76. The zero-order valence-electron chi connectivity index (χ0n) is 13.1. The topological polar surface area (TPSA) is 37.2 Å². The molecule has 0 aliphatic heterocycles. The fraction of sp³-hybridized carbons (Fsp3) is 0.444. The van der Waals surface area contributed by atoms with Gasteiger partial charge in [0.2, 0.25) is 0 Å². The summed E-state index contributed by atoms with van der Waals surface area (Å²) in [5.41, 5.74) is 5.16. The normalized spacial score (nSPS) is 11.0. The van der Waals surface area contributed by atoms with E-state index in [4.69, 9.17) is 5.11 Å². The Morgan fingerprint density at radius 3 is 2.52 bits per heavy atom. The van der Waals surface area contributed by atoms with Gasteiger partial charge in [0.25, 0.3) is 0 Å². The summed E-state index contributed by atoms with van der Waals surface area (Å²) < 4.78 is 2.31. The lowest BCUT2D eigenvalue weighted by molar-refractivity contribution is 0.283. The quantitative estimate of drug-likeness (QED) is 0.730. The van der Waals surface area contributed by atoms with Crippen LogP contribution in [0.15, 0.2) is 36.4 Å². The molecule has 0 saturated carbocycles. The number of nitrogens with zero attached hydrogens (tertiary/aromatic N) is 1. The smallest absolute Gasteiger partial charge is 0.0455 e. The zero-order valence-corrected chi connectivity index (χ0v) is 13.1. The monoisotopic (exact) mass is 286 g/mol. The largest absolute Gasteiger partial charge is 0.396 e. The number of hydrogen-bond donors (Lipinski definition) is 2. The summed E-state index contributed by atoms with van der Waals surface area (Å²) in [4.78, 5) is 0. The van der Waals surface area contributed by atoms with Crippen LogP contribution in [0.3, 0.4) is 0 Å². The van der Waals surface area contributed by atoms with Crippen LogP contribution < -0.4 is 5.32 Å². The number of para-hydroxylation sites is 1. The second-order valence-electron chi connectivity index (χ2n) is 5.53. The molecule has 0 bridgehead atoms. The summed E-state index contributed by atoms with van der Waals surface area (Å²) >= 11 is 0. The molecule has 3 nitrogen and oxygen atoms in total. The number of hydrogen-bond acceptors (Lipinski definition) is 2. The van der Waals surface area contributed by atoms with Crippen LogP contribution in [0.5, 0.6) is 0 Å². The molecule has 0 spiro atoms. The standard InChI is InChI=1S/C18H26N2O/c1-15-13-17(14-19-11-7-4-8-12-21)16(2)20(15)18-9-5-3-6-10-18/h3,5-6,9-10,13,19,21H,4,7-8,11-12,14H2,1-2H3. The highest BCUT2D eigenvalue weighted by molar-refractivity contribution is 5.40. The van der Waals surface area contributed by atoms with Gasteiger partial charge in [-0.25, -0.2) is 0 Å². The highest BCUT2D eigenvalue weighted by atomic mass is 16.2. The second kappa shape index (κ2) is 8.01. The molecule has 0 amide bonds. The molecule has 0 aliphatic carbocycles. The Labute approximate surface area is 127 Å². The van der Waals surface area contributed by atoms with Crippen LogP contribution in [0.1, 0.15) is 36.2 Å². The molecule has 1 heterocycles. The van der Waals surface area contributed by atoms with Gasteiger partial charge in [0.1, 0.15) is 0 Å². The van der Waals surface area contributed by atoms with Crippen LogP contribution in [-0.2, 0) is 6.54 Å². The number of rotatable bonds is 8. The molecule has 0 unspecified atom stereocenters. The van der Waals surface area contributed by atoms with Crippen molar-refractivity contribution < 1.29 is 5.11 Å². The lowest BCUT2D eigenvalue weighted by Gasteiger charge is -2.10. The molecule has 2 N–H and O–H groups in total. The Morgan fingerprint density at radius 1 is 1.05 bits per heavy atom. The molecule has 0 saturated heterocycles. The molecular formula is C18H26N2O. The Hall–Kier alpha value is -1.58. The van der Waals surface area contributed by atoms with Gasteiger partial charge in [0.15, 0.2) is 0 Å². The van der Waals surface area contributed by atoms with Gasteiger partial charge in [-0.15, -0.1) is 0 Å². The van der Waals surface area contributed by atoms with Crippen LogP contribution >= 0.6 is 0 Å². The number of aryl methyl sites for hydroxylation is 1. The van der Waals surface area contributed by atoms with Crippen molar-refractivity contribution in [1.82, 2.24) is 9.88 Å². The molecule has 0 atom stereocenters. The minimum absolute atomic E-state index is 0.304. The number of aliphatic hydroxyl groups excluding tert-OH is 1. The lowest BCUT2D eigenvalue weighted by Crippen LogP contribution is -2.15. The van der Waals surface area contributed by atoms with Crippen molar-refractivity contribution in [2.45, 2.75) is 39.7 Å². The van der Waals surface area contributed by atoms with Gasteiger partial charge in [-0.2, -0.15) is 0 Å². The first-order valence-electron chi connectivity index (χ1n) is 7.79. The van der Waals surface area contributed by atoms with Crippen LogP contribution in [0.25, 0.3) is 5.69 Å². The number of aliphatic hydroxyl groups is 1. The number of aromatic nitrogens is 1. The number of nitrogens with one attached hydrogen (secondary N) is 1. The van der Waals surface area contributed by atoms with E-state index in [0.29, 0.717) is 6.61 Å². The average Bonchev–Trinajstić information content (AvgIpc) is 2.78. The molecule has 2 aromatic rings. The van der Waals surface area contributed by atoms with Gasteiger partial charge in [0, 0.05) is 30.2 Å². The molecule has 114 valence electrons. The van der Waals surface area contributed by atoms with Gasteiger partial charge in [-0.3, -0.25) is 0 Å². The Bertz CT molecular complexity index is 546. The summed E-state index contributed by atoms with van der Waals surface area (Å²) in [6.07, 6.45) is 3.12. The first-order valence-corrected chi connectivity index (χ1v) is 7.79. The third-order valence-electron chi connectivity index (χ3n) is 3.88. The third-order valence-corrected chi connectivity index (χ3v) is 3.88. The van der Waals surface area contributed by atoms with Crippen LogP contribution in [0, 0.1) is 13.8 Å². The highest BCUT2D eigenvalue weighted by Gasteiger charge is 2.09. The SMILES string of the molecule is Cc1cc(CNCCCCCO)c(C)n1-c1ccccc1. The third kappa shape index (κ3) is 4.19. The van der Waals surface area contributed by atoms with Crippen molar-refractivity contribution in [1.29, 1.82) is 0 Å². The Kier molecular flexibility index (Phi) is 6.03. The summed E-state index contributed by atoms with van der Waals surface area (Å²) in [7, 11) is 0. The van der Waals surface area contributed by atoms with Gasteiger partial charge >= 0.3 is 0 Å². The summed E-state index contributed by atoms with van der Waals surface area (Å²) in [5, 5.41) is 12.3. The van der Waals surface area contributed by atoms with Crippen molar-refractivity contribution in [3.05, 3.63) is 53.3 Å². The van der Waals surface area contributed by atoms with E-state index < -0.39 is 0 Å². The fourth-order valence-electron chi connectivity index (χ4n) is 2.74. The maximum absolute atomic E-state index is 8.76. The van der Waals surface area contributed by atoms with Gasteiger partial charge < -0.3 is 15.0 Å². The zero-order chi connectivity index (χ0) is 15.1. The molecule has 1 aromatic carbocycles. The molecule has 21 heavy (non-hydrogen) atoms. The Morgan fingerprint density at radius 2 is 1.81 bits per heavy atom. The van der Waals surface area contributed by atoms with E-state index in [1.807, 2.05) is 6.07 Å². The van der Waals surface area contributed by atoms with Crippen LogP contribution in [0.4, 0.5) is 0 Å². The second-order valence-corrected chi connectivity index (χ2v) is 5.53. The maximum Gasteiger partial charge on any atom is 0.0455 e. The molecule has 0 aliphatic rings. The van der Waals surface area contributed by atoms with E-state index in [-0.39, 0.29) is 0 Å².